The molecule has 2 aromatic heterocycles. The van der Waals surface area contributed by atoms with Crippen molar-refractivity contribution in [3.05, 3.63) is 42.9 Å². The molecule has 0 atom stereocenters. The fourth-order valence-electron chi connectivity index (χ4n) is 2.22. The van der Waals surface area contributed by atoms with Crippen molar-refractivity contribution in [1.82, 2.24) is 15.0 Å². The van der Waals surface area contributed by atoms with Gasteiger partial charge in [0.1, 0.15) is 18.0 Å². The molecular formula is C16H17N5. The molecule has 3 rings (SSSR count). The van der Waals surface area contributed by atoms with E-state index in [-0.39, 0.29) is 0 Å². The first-order valence-electron chi connectivity index (χ1n) is 6.98. The van der Waals surface area contributed by atoms with Crippen LogP contribution in [0.5, 0.6) is 0 Å². The van der Waals surface area contributed by atoms with Crippen molar-refractivity contribution < 1.29 is 0 Å². The Morgan fingerprint density at radius 2 is 1.90 bits per heavy atom. The number of anilines is 2. The van der Waals surface area contributed by atoms with Gasteiger partial charge >= 0.3 is 0 Å². The maximum absolute atomic E-state index is 5.92. The van der Waals surface area contributed by atoms with Crippen LogP contribution in [0, 0.1) is 0 Å². The van der Waals surface area contributed by atoms with Crippen molar-refractivity contribution in [2.75, 3.05) is 17.6 Å². The Balaban J connectivity index is 2.02. The lowest BCUT2D eigenvalue weighted by molar-refractivity contribution is 0.969. The SMILES string of the molecule is CCCNc1cc(-c2ccc3ncnc(N)c3c2)ccn1. The van der Waals surface area contributed by atoms with Gasteiger partial charge in [0, 0.05) is 18.1 Å². The monoisotopic (exact) mass is 279 g/mol. The molecule has 0 aliphatic carbocycles. The Morgan fingerprint density at radius 3 is 2.76 bits per heavy atom. The predicted octanol–water partition coefficient (Wildman–Crippen LogP) is 3.10. The second-order valence-corrected chi connectivity index (χ2v) is 4.85. The van der Waals surface area contributed by atoms with E-state index in [4.69, 9.17) is 5.73 Å². The molecule has 0 aliphatic rings. The van der Waals surface area contributed by atoms with Gasteiger partial charge in [-0.15, -0.1) is 0 Å². The molecule has 0 amide bonds. The van der Waals surface area contributed by atoms with Gasteiger partial charge in [0.25, 0.3) is 0 Å². The molecule has 3 aromatic rings. The van der Waals surface area contributed by atoms with Gasteiger partial charge in [0.05, 0.1) is 5.52 Å². The van der Waals surface area contributed by atoms with Gasteiger partial charge in [-0.25, -0.2) is 15.0 Å². The van der Waals surface area contributed by atoms with Gasteiger partial charge in [0.15, 0.2) is 0 Å². The molecule has 21 heavy (non-hydrogen) atoms. The number of rotatable bonds is 4. The summed E-state index contributed by atoms with van der Waals surface area (Å²) in [5, 5.41) is 4.16. The molecule has 3 N–H and O–H groups in total. The second-order valence-electron chi connectivity index (χ2n) is 4.85. The topological polar surface area (TPSA) is 76.7 Å². The van der Waals surface area contributed by atoms with Crippen molar-refractivity contribution in [2.24, 2.45) is 0 Å². The fourth-order valence-corrected chi connectivity index (χ4v) is 2.22. The van der Waals surface area contributed by atoms with E-state index in [1.54, 1.807) is 0 Å². The molecule has 0 radical (unpaired) electrons. The van der Waals surface area contributed by atoms with Crippen LogP contribution in [0.4, 0.5) is 11.6 Å². The third-order valence-electron chi connectivity index (χ3n) is 3.32. The van der Waals surface area contributed by atoms with Crippen LogP contribution in [0.25, 0.3) is 22.0 Å². The summed E-state index contributed by atoms with van der Waals surface area (Å²) in [6.45, 7) is 3.04. The number of aromatic nitrogens is 3. The van der Waals surface area contributed by atoms with Gasteiger partial charge in [-0.1, -0.05) is 13.0 Å². The molecule has 0 fully saturated rings. The summed E-state index contributed by atoms with van der Waals surface area (Å²) < 4.78 is 0. The number of nitrogens with one attached hydrogen (secondary N) is 1. The van der Waals surface area contributed by atoms with Crippen molar-refractivity contribution in [3.8, 4) is 11.1 Å². The zero-order valence-electron chi connectivity index (χ0n) is 11.9. The van der Waals surface area contributed by atoms with Gasteiger partial charge < -0.3 is 11.1 Å². The average molecular weight is 279 g/mol. The number of nitrogens with zero attached hydrogens (tertiary/aromatic N) is 3. The van der Waals surface area contributed by atoms with E-state index >= 15 is 0 Å². The largest absolute Gasteiger partial charge is 0.383 e. The lowest BCUT2D eigenvalue weighted by Crippen LogP contribution is -2.01. The number of fused-ring (bicyclic) bond motifs is 1. The van der Waals surface area contributed by atoms with Crippen LogP contribution in [0.3, 0.4) is 0 Å². The average Bonchev–Trinajstić information content (AvgIpc) is 2.53. The van der Waals surface area contributed by atoms with Crippen molar-refractivity contribution in [2.45, 2.75) is 13.3 Å². The molecule has 0 unspecified atom stereocenters. The lowest BCUT2D eigenvalue weighted by Gasteiger charge is -2.08. The minimum absolute atomic E-state index is 0.500. The Labute approximate surface area is 123 Å². The lowest BCUT2D eigenvalue weighted by atomic mass is 10.0. The van der Waals surface area contributed by atoms with Crippen LogP contribution in [0.1, 0.15) is 13.3 Å². The summed E-state index contributed by atoms with van der Waals surface area (Å²) in [5.41, 5.74) is 8.94. The maximum atomic E-state index is 5.92. The fraction of sp³-hybridized carbons (Fsp3) is 0.188. The van der Waals surface area contributed by atoms with Crippen LogP contribution in [0.15, 0.2) is 42.9 Å². The smallest absolute Gasteiger partial charge is 0.134 e. The van der Waals surface area contributed by atoms with E-state index < -0.39 is 0 Å². The Hall–Kier alpha value is -2.69. The Bertz CT molecular complexity index is 769. The van der Waals surface area contributed by atoms with Crippen LogP contribution < -0.4 is 11.1 Å². The standard InChI is InChI=1S/C16H17N5/c1-2-6-18-15-9-12(5-7-19-15)11-3-4-14-13(8-11)16(17)21-10-20-14/h3-5,7-10H,2,6H2,1H3,(H,18,19)(H2,17,20,21). The van der Waals surface area contributed by atoms with E-state index in [0.29, 0.717) is 5.82 Å². The first kappa shape index (κ1) is 13.3. The third kappa shape index (κ3) is 2.76. The van der Waals surface area contributed by atoms with Crippen molar-refractivity contribution in [3.63, 3.8) is 0 Å². The molecule has 0 spiro atoms. The molecule has 0 bridgehead atoms. The first-order chi connectivity index (χ1) is 10.3. The number of hydrogen-bond donors (Lipinski definition) is 2. The molecule has 5 nitrogen and oxygen atoms in total. The molecule has 0 saturated heterocycles. The molecule has 1 aromatic carbocycles. The van der Waals surface area contributed by atoms with E-state index in [2.05, 4.69) is 27.2 Å². The summed E-state index contributed by atoms with van der Waals surface area (Å²) >= 11 is 0. The summed E-state index contributed by atoms with van der Waals surface area (Å²) in [6.07, 6.45) is 4.36. The highest BCUT2D eigenvalue weighted by molar-refractivity contribution is 5.91. The molecule has 2 heterocycles. The van der Waals surface area contributed by atoms with Crippen molar-refractivity contribution >= 4 is 22.5 Å². The molecule has 0 aliphatic heterocycles. The molecule has 106 valence electrons. The van der Waals surface area contributed by atoms with E-state index in [1.807, 2.05) is 36.5 Å². The second kappa shape index (κ2) is 5.75. The van der Waals surface area contributed by atoms with Crippen LogP contribution in [0.2, 0.25) is 0 Å². The Morgan fingerprint density at radius 1 is 1.05 bits per heavy atom. The predicted molar refractivity (Wildman–Crippen MR) is 86.0 cm³/mol. The summed E-state index contributed by atoms with van der Waals surface area (Å²) in [4.78, 5) is 12.6. The molecule has 0 saturated carbocycles. The Kier molecular flexibility index (Phi) is 3.64. The quantitative estimate of drug-likeness (QED) is 0.767. The number of hydrogen-bond acceptors (Lipinski definition) is 5. The zero-order chi connectivity index (χ0) is 14.7. The van der Waals surface area contributed by atoms with Crippen LogP contribution >= 0.6 is 0 Å². The highest BCUT2D eigenvalue weighted by Crippen LogP contribution is 2.26. The van der Waals surface area contributed by atoms with E-state index in [0.717, 1.165) is 40.8 Å². The van der Waals surface area contributed by atoms with Gasteiger partial charge in [0.2, 0.25) is 0 Å². The summed E-state index contributed by atoms with van der Waals surface area (Å²) in [7, 11) is 0. The van der Waals surface area contributed by atoms with Crippen molar-refractivity contribution in [1.29, 1.82) is 0 Å². The van der Waals surface area contributed by atoms with E-state index in [1.165, 1.54) is 6.33 Å². The van der Waals surface area contributed by atoms with Gasteiger partial charge in [-0.3, -0.25) is 0 Å². The zero-order valence-corrected chi connectivity index (χ0v) is 11.9. The van der Waals surface area contributed by atoms with Crippen LogP contribution in [-0.2, 0) is 0 Å². The van der Waals surface area contributed by atoms with Gasteiger partial charge in [-0.05, 0) is 41.8 Å². The number of nitrogen functional groups attached to an aromatic ring is 1. The molecular weight excluding hydrogens is 262 g/mol. The molecule has 5 heteroatoms. The summed E-state index contributed by atoms with van der Waals surface area (Å²) in [5.74, 6) is 1.38. The van der Waals surface area contributed by atoms with Gasteiger partial charge in [-0.2, -0.15) is 0 Å². The van der Waals surface area contributed by atoms with E-state index in [9.17, 15) is 0 Å². The highest BCUT2D eigenvalue weighted by atomic mass is 15.0. The first-order valence-corrected chi connectivity index (χ1v) is 6.98. The summed E-state index contributed by atoms with van der Waals surface area (Å²) in [6, 6.07) is 10.0. The minimum Gasteiger partial charge on any atom is -0.383 e. The normalized spacial score (nSPS) is 10.7. The third-order valence-corrected chi connectivity index (χ3v) is 3.32. The maximum Gasteiger partial charge on any atom is 0.134 e. The van der Waals surface area contributed by atoms with Crippen LogP contribution in [-0.4, -0.2) is 21.5 Å². The number of nitrogens with two attached hydrogens (primary N) is 1. The number of benzene rings is 1. The highest BCUT2D eigenvalue weighted by Gasteiger charge is 2.05. The number of pyridine rings is 1. The minimum atomic E-state index is 0.500.